The van der Waals surface area contributed by atoms with Crippen LogP contribution >= 0.6 is 0 Å². The minimum absolute atomic E-state index is 0.0481. The number of ether oxygens (including phenoxy) is 1. The molecule has 21 heteroatoms. The van der Waals surface area contributed by atoms with E-state index in [2.05, 4.69) is 16.0 Å². The second-order valence-electron chi connectivity index (χ2n) is 13.3. The van der Waals surface area contributed by atoms with Crippen LogP contribution in [0.15, 0.2) is 11.5 Å². The van der Waals surface area contributed by atoms with Crippen molar-refractivity contribution in [2.75, 3.05) is 105 Å². The number of carboxylic acids is 2. The number of aliphatic carboxylic acids is 2. The number of nitrogens with one attached hydrogen (secondary N) is 3. The number of hydrogen-bond donors (Lipinski definition) is 8. The number of amides is 3. The molecule has 1 saturated carbocycles. The van der Waals surface area contributed by atoms with Crippen molar-refractivity contribution >= 4 is 35.6 Å². The Morgan fingerprint density at radius 3 is 1.79 bits per heavy atom. The molecule has 2 atom stereocenters. The van der Waals surface area contributed by atoms with Gasteiger partial charge in [0.05, 0.1) is 33.3 Å². The summed E-state index contributed by atoms with van der Waals surface area (Å²) in [5, 5.41) is 56.1. The summed E-state index contributed by atoms with van der Waals surface area (Å²) in [6, 6.07) is 0. The molecule has 0 radical (unpaired) electrons. The van der Waals surface area contributed by atoms with Gasteiger partial charge in [0.2, 0.25) is 23.5 Å². The van der Waals surface area contributed by atoms with Crippen molar-refractivity contribution in [3.05, 3.63) is 11.5 Å². The van der Waals surface area contributed by atoms with Gasteiger partial charge in [-0.1, -0.05) is 0 Å². The maximum atomic E-state index is 12.9. The third-order valence-electron chi connectivity index (χ3n) is 9.39. The maximum absolute atomic E-state index is 12.9. The molecule has 0 aromatic rings. The van der Waals surface area contributed by atoms with Gasteiger partial charge >= 0.3 is 17.9 Å². The van der Waals surface area contributed by atoms with Crippen molar-refractivity contribution in [3.8, 4) is 0 Å². The zero-order valence-electron chi connectivity index (χ0n) is 29.9. The highest BCUT2D eigenvalue weighted by Crippen LogP contribution is 2.28. The van der Waals surface area contributed by atoms with Gasteiger partial charge in [0.15, 0.2) is 11.9 Å². The van der Waals surface area contributed by atoms with E-state index in [-0.39, 0.29) is 63.1 Å². The van der Waals surface area contributed by atoms with Crippen LogP contribution < -0.4 is 16.0 Å². The highest BCUT2D eigenvalue weighted by Gasteiger charge is 2.39. The molecule has 21 nitrogen and oxygen atoms in total. The summed E-state index contributed by atoms with van der Waals surface area (Å²) in [4.78, 5) is 89.4. The van der Waals surface area contributed by atoms with E-state index in [4.69, 9.17) is 14.5 Å². The molecule has 53 heavy (non-hydrogen) atoms. The van der Waals surface area contributed by atoms with Crippen LogP contribution in [0.2, 0.25) is 0 Å². The van der Waals surface area contributed by atoms with E-state index in [1.54, 1.807) is 9.80 Å². The van der Waals surface area contributed by atoms with Gasteiger partial charge in [-0.3, -0.25) is 43.6 Å². The molecule has 0 aromatic carbocycles. The Morgan fingerprint density at radius 2 is 1.30 bits per heavy atom. The molecule has 300 valence electrons. The van der Waals surface area contributed by atoms with E-state index in [0.717, 1.165) is 0 Å². The lowest BCUT2D eigenvalue weighted by atomic mass is 9.81. The van der Waals surface area contributed by atoms with Crippen LogP contribution in [0.5, 0.6) is 0 Å². The van der Waals surface area contributed by atoms with Crippen molar-refractivity contribution in [3.63, 3.8) is 0 Å². The monoisotopic (exact) mass is 759 g/mol. The number of rotatable bonds is 17. The van der Waals surface area contributed by atoms with Crippen molar-refractivity contribution in [2.45, 2.75) is 37.9 Å². The predicted molar refractivity (Wildman–Crippen MR) is 182 cm³/mol. The van der Waals surface area contributed by atoms with Crippen molar-refractivity contribution in [2.24, 2.45) is 11.8 Å². The first kappa shape index (κ1) is 43.3. The number of aliphatic hydroxyl groups is 3. The molecule has 2 heterocycles. The summed E-state index contributed by atoms with van der Waals surface area (Å²) < 4.78 is 4.70. The SMILES string of the molecule is COOCN1CCN(CC(=O)O)CCN(CC(=O)O)CCN(CC(=O)NCC(=O)NCC2CCC(C(=O)NCC(O)C3OC(=O)C(O)=C3O)CC2)CC1. The first-order chi connectivity index (χ1) is 25.2. The largest absolute Gasteiger partial charge is 0.505 e. The molecular weight excluding hydrogens is 706 g/mol. The molecule has 2 fully saturated rings. The quantitative estimate of drug-likeness (QED) is 0.0409. The summed E-state index contributed by atoms with van der Waals surface area (Å²) in [5.74, 6) is -6.22. The van der Waals surface area contributed by atoms with Crippen LogP contribution in [-0.4, -0.2) is 198 Å². The fourth-order valence-corrected chi connectivity index (χ4v) is 6.26. The number of nitrogens with zero attached hydrogens (tertiary/aromatic N) is 4. The zero-order chi connectivity index (χ0) is 38.9. The number of cyclic esters (lactones) is 1. The summed E-state index contributed by atoms with van der Waals surface area (Å²) in [6.45, 7) is 2.39. The summed E-state index contributed by atoms with van der Waals surface area (Å²) in [5.41, 5.74) is 0. The number of carbonyl (C=O) groups is 6. The lowest BCUT2D eigenvalue weighted by Crippen LogP contribution is -2.50. The Kier molecular flexibility index (Phi) is 18.1. The molecule has 1 saturated heterocycles. The molecular formula is C32H53N7O14. The van der Waals surface area contributed by atoms with E-state index >= 15 is 0 Å². The second-order valence-corrected chi connectivity index (χ2v) is 13.3. The Morgan fingerprint density at radius 1 is 0.774 bits per heavy atom. The van der Waals surface area contributed by atoms with Gasteiger partial charge in [-0.2, -0.15) is 0 Å². The highest BCUT2D eigenvalue weighted by molar-refractivity contribution is 5.89. The van der Waals surface area contributed by atoms with Gasteiger partial charge in [0.25, 0.3) is 0 Å². The fraction of sp³-hybridized carbons (Fsp3) is 0.750. The predicted octanol–water partition coefficient (Wildman–Crippen LogP) is -3.32. The third kappa shape index (κ3) is 15.4. The van der Waals surface area contributed by atoms with Crippen LogP contribution in [0, 0.1) is 11.8 Å². The van der Waals surface area contributed by atoms with Gasteiger partial charge in [-0.15, -0.1) is 0 Å². The standard InChI is InChI=1S/C32H53N7O14/c1-51-52-20-39-12-10-36(6-7-37(18-26(43)44)8-9-38(11-13-39)19-27(45)46)17-25(42)34-16-24(41)33-14-21-2-4-22(5-3-21)31(49)35-15-23(40)30-28(47)29(48)32(50)53-30/h21-23,30,40,47-48H,2-20H2,1H3,(H,33,41)(H,34,42)(H,35,49)(H,43,44)(H,45,46). The first-order valence-electron chi connectivity index (χ1n) is 17.6. The number of hydrogen-bond acceptors (Lipinski definition) is 16. The molecule has 3 aliphatic rings. The fourth-order valence-electron chi connectivity index (χ4n) is 6.26. The molecule has 3 rings (SSSR count). The topological polar surface area (TPSA) is 280 Å². The molecule has 2 unspecified atom stereocenters. The lowest BCUT2D eigenvalue weighted by molar-refractivity contribution is -0.295. The van der Waals surface area contributed by atoms with Gasteiger partial charge in [0.1, 0.15) is 12.8 Å². The number of carboxylic acid groups (broad SMARTS) is 2. The Bertz CT molecular complexity index is 1290. The molecule has 8 N–H and O–H groups in total. The molecule has 0 bridgehead atoms. The van der Waals surface area contributed by atoms with Gasteiger partial charge < -0.3 is 46.2 Å². The number of esters is 1. The number of carbonyl (C=O) groups excluding carboxylic acids is 4. The average molecular weight is 760 g/mol. The van der Waals surface area contributed by atoms with Crippen LogP contribution in [0.1, 0.15) is 25.7 Å². The average Bonchev–Trinajstić information content (AvgIpc) is 3.38. The van der Waals surface area contributed by atoms with E-state index in [0.29, 0.717) is 84.6 Å². The second kappa shape index (κ2) is 22.2. The lowest BCUT2D eigenvalue weighted by Gasteiger charge is -2.33. The highest BCUT2D eigenvalue weighted by atomic mass is 17.2. The Hall–Kier alpha value is -4.12. The van der Waals surface area contributed by atoms with Crippen LogP contribution in [0.25, 0.3) is 0 Å². The van der Waals surface area contributed by atoms with Crippen LogP contribution in [-0.2, 0) is 43.3 Å². The van der Waals surface area contributed by atoms with Crippen molar-refractivity contribution in [1.29, 1.82) is 0 Å². The maximum Gasteiger partial charge on any atom is 0.377 e. The third-order valence-corrected chi connectivity index (χ3v) is 9.39. The summed E-state index contributed by atoms with van der Waals surface area (Å²) in [7, 11) is 1.38. The zero-order valence-corrected chi connectivity index (χ0v) is 29.9. The summed E-state index contributed by atoms with van der Waals surface area (Å²) in [6.07, 6.45) is -0.513. The van der Waals surface area contributed by atoms with Gasteiger partial charge in [-0.05, 0) is 31.6 Å². The molecule has 1 aliphatic carbocycles. The van der Waals surface area contributed by atoms with Crippen LogP contribution in [0.4, 0.5) is 0 Å². The van der Waals surface area contributed by atoms with Gasteiger partial charge in [0, 0.05) is 71.4 Å². The molecule has 3 amide bonds. The normalized spacial score (nSPS) is 23.7. The van der Waals surface area contributed by atoms with Crippen LogP contribution in [0.3, 0.4) is 0 Å². The van der Waals surface area contributed by atoms with Crippen molar-refractivity contribution < 1.29 is 68.8 Å². The van der Waals surface area contributed by atoms with E-state index < -0.39 is 47.5 Å². The van der Waals surface area contributed by atoms with E-state index in [1.165, 1.54) is 7.11 Å². The molecule has 0 spiro atoms. The van der Waals surface area contributed by atoms with E-state index in [1.807, 2.05) is 9.80 Å². The number of aliphatic hydroxyl groups excluding tert-OH is 3. The van der Waals surface area contributed by atoms with E-state index in [9.17, 15) is 54.3 Å². The summed E-state index contributed by atoms with van der Waals surface area (Å²) >= 11 is 0. The van der Waals surface area contributed by atoms with Crippen molar-refractivity contribution in [1.82, 2.24) is 35.6 Å². The minimum Gasteiger partial charge on any atom is -0.505 e. The Labute approximate surface area is 306 Å². The smallest absolute Gasteiger partial charge is 0.377 e. The molecule has 0 aromatic heterocycles. The molecule has 2 aliphatic heterocycles. The van der Waals surface area contributed by atoms with Gasteiger partial charge in [-0.25, -0.2) is 14.6 Å². The minimum atomic E-state index is -1.46. The Balaban J connectivity index is 1.40. The first-order valence-corrected chi connectivity index (χ1v) is 17.6.